The zero-order valence-electron chi connectivity index (χ0n) is 13.0. The third-order valence-electron chi connectivity index (χ3n) is 3.80. The Hall–Kier alpha value is -3.41. The van der Waals surface area contributed by atoms with Gasteiger partial charge in [-0.2, -0.15) is 4.39 Å². The van der Waals surface area contributed by atoms with Crippen molar-refractivity contribution in [1.82, 2.24) is 19.5 Å². The Bertz CT molecular complexity index is 1010. The number of nitrogens with zero attached hydrogens (tertiary/aromatic N) is 4. The van der Waals surface area contributed by atoms with Crippen molar-refractivity contribution in [3.63, 3.8) is 0 Å². The summed E-state index contributed by atoms with van der Waals surface area (Å²) in [4.78, 5) is 12.1. The molecule has 25 heavy (non-hydrogen) atoms. The molecule has 122 valence electrons. The van der Waals surface area contributed by atoms with E-state index in [4.69, 9.17) is 0 Å². The van der Waals surface area contributed by atoms with Crippen molar-refractivity contribution in [1.29, 1.82) is 0 Å². The number of aromatic nitrogens is 4. The molecule has 3 aromatic heterocycles. The highest BCUT2D eigenvalue weighted by atomic mass is 19.1. The molecule has 0 atom stereocenters. The fraction of sp³-hybridized carbons (Fsp3) is 0. The highest BCUT2D eigenvalue weighted by Gasteiger charge is 2.13. The molecular formula is C19H12F2N4. The van der Waals surface area contributed by atoms with Crippen LogP contribution in [0.5, 0.6) is 0 Å². The van der Waals surface area contributed by atoms with Gasteiger partial charge in [-0.05, 0) is 35.9 Å². The van der Waals surface area contributed by atoms with E-state index in [2.05, 4.69) is 15.0 Å². The number of hydrogen-bond donors (Lipinski definition) is 0. The lowest BCUT2D eigenvalue weighted by Crippen LogP contribution is -1.95. The predicted octanol–water partition coefficient (Wildman–Crippen LogP) is 4.27. The molecule has 0 amide bonds. The minimum Gasteiger partial charge on any atom is -0.306 e. The molecular weight excluding hydrogens is 322 g/mol. The molecule has 0 saturated carbocycles. The standard InChI is InChI=1S/C19H12F2N4/c20-15-7-9-23-19(21)18(15)13-4-3-5-14(10-13)25-11-17(24-12-25)16-6-1-2-8-22-16/h1-12H. The van der Waals surface area contributed by atoms with Gasteiger partial charge in [-0.3, -0.25) is 4.98 Å². The van der Waals surface area contributed by atoms with Crippen molar-refractivity contribution in [3.05, 3.63) is 85.2 Å². The Morgan fingerprint density at radius 3 is 2.52 bits per heavy atom. The van der Waals surface area contributed by atoms with Gasteiger partial charge in [0.2, 0.25) is 5.95 Å². The lowest BCUT2D eigenvalue weighted by atomic mass is 10.1. The number of pyridine rings is 2. The summed E-state index contributed by atoms with van der Waals surface area (Å²) in [5.74, 6) is -1.48. The summed E-state index contributed by atoms with van der Waals surface area (Å²) >= 11 is 0. The van der Waals surface area contributed by atoms with Crippen molar-refractivity contribution in [2.75, 3.05) is 0 Å². The molecule has 0 radical (unpaired) electrons. The molecule has 4 rings (SSSR count). The number of benzene rings is 1. The molecule has 0 aliphatic carbocycles. The van der Waals surface area contributed by atoms with Gasteiger partial charge in [-0.15, -0.1) is 0 Å². The minimum atomic E-state index is -0.836. The van der Waals surface area contributed by atoms with Gasteiger partial charge in [-0.25, -0.2) is 14.4 Å². The predicted molar refractivity (Wildman–Crippen MR) is 89.9 cm³/mol. The first-order valence-electron chi connectivity index (χ1n) is 7.58. The Morgan fingerprint density at radius 1 is 0.800 bits per heavy atom. The summed E-state index contributed by atoms with van der Waals surface area (Å²) in [6.07, 6.45) is 6.26. The van der Waals surface area contributed by atoms with Gasteiger partial charge in [-0.1, -0.05) is 18.2 Å². The average Bonchev–Trinajstić information content (AvgIpc) is 3.13. The minimum absolute atomic E-state index is 0.144. The van der Waals surface area contributed by atoms with Crippen LogP contribution in [-0.2, 0) is 0 Å². The Labute approximate surface area is 142 Å². The Kier molecular flexibility index (Phi) is 3.78. The average molecular weight is 334 g/mol. The zero-order chi connectivity index (χ0) is 17.2. The first-order valence-corrected chi connectivity index (χ1v) is 7.58. The molecule has 0 aliphatic heterocycles. The van der Waals surface area contributed by atoms with Crippen molar-refractivity contribution in [2.24, 2.45) is 0 Å². The van der Waals surface area contributed by atoms with Crippen molar-refractivity contribution in [2.45, 2.75) is 0 Å². The van der Waals surface area contributed by atoms with E-state index in [0.29, 0.717) is 11.3 Å². The van der Waals surface area contributed by atoms with Crippen LogP contribution in [-0.4, -0.2) is 19.5 Å². The molecule has 0 unspecified atom stereocenters. The summed E-state index contributed by atoms with van der Waals surface area (Å²) in [6.45, 7) is 0. The van der Waals surface area contributed by atoms with Crippen LogP contribution in [0.1, 0.15) is 0 Å². The molecule has 0 N–H and O–H groups in total. The third kappa shape index (κ3) is 2.89. The fourth-order valence-corrected chi connectivity index (χ4v) is 2.60. The molecule has 0 saturated heterocycles. The van der Waals surface area contributed by atoms with Gasteiger partial charge in [0.15, 0.2) is 0 Å². The van der Waals surface area contributed by atoms with E-state index in [-0.39, 0.29) is 5.56 Å². The van der Waals surface area contributed by atoms with Gasteiger partial charge in [0.25, 0.3) is 0 Å². The van der Waals surface area contributed by atoms with Crippen LogP contribution in [0.4, 0.5) is 8.78 Å². The third-order valence-corrected chi connectivity index (χ3v) is 3.80. The number of imidazole rings is 1. The largest absolute Gasteiger partial charge is 0.306 e. The maximum atomic E-state index is 14.0. The number of rotatable bonds is 3. The normalized spacial score (nSPS) is 10.8. The molecule has 0 bridgehead atoms. The van der Waals surface area contributed by atoms with Crippen LogP contribution >= 0.6 is 0 Å². The van der Waals surface area contributed by atoms with Crippen LogP contribution in [0.15, 0.2) is 73.4 Å². The van der Waals surface area contributed by atoms with Gasteiger partial charge >= 0.3 is 0 Å². The van der Waals surface area contributed by atoms with Gasteiger partial charge in [0.1, 0.15) is 11.5 Å². The molecule has 4 aromatic rings. The first-order chi connectivity index (χ1) is 12.2. The van der Waals surface area contributed by atoms with Crippen LogP contribution < -0.4 is 0 Å². The van der Waals surface area contributed by atoms with Gasteiger partial charge in [0, 0.05) is 24.3 Å². The van der Waals surface area contributed by atoms with Crippen LogP contribution in [0.3, 0.4) is 0 Å². The van der Waals surface area contributed by atoms with E-state index in [9.17, 15) is 8.78 Å². The second-order valence-corrected chi connectivity index (χ2v) is 5.39. The van der Waals surface area contributed by atoms with Gasteiger partial charge in [0.05, 0.1) is 17.6 Å². The van der Waals surface area contributed by atoms with E-state index < -0.39 is 11.8 Å². The monoisotopic (exact) mass is 334 g/mol. The molecule has 4 nitrogen and oxygen atoms in total. The Morgan fingerprint density at radius 2 is 1.72 bits per heavy atom. The highest BCUT2D eigenvalue weighted by Crippen LogP contribution is 2.27. The SMILES string of the molecule is Fc1ccnc(F)c1-c1cccc(-n2cnc(-c3ccccn3)c2)c1. The molecule has 1 aromatic carbocycles. The lowest BCUT2D eigenvalue weighted by Gasteiger charge is -2.07. The summed E-state index contributed by atoms with van der Waals surface area (Å²) in [5.41, 5.74) is 2.46. The Balaban J connectivity index is 1.75. The van der Waals surface area contributed by atoms with Crippen molar-refractivity contribution < 1.29 is 8.78 Å². The molecule has 6 heteroatoms. The second-order valence-electron chi connectivity index (χ2n) is 5.39. The maximum absolute atomic E-state index is 14.0. The lowest BCUT2D eigenvalue weighted by molar-refractivity contribution is 0.558. The van der Waals surface area contributed by atoms with E-state index >= 15 is 0 Å². The smallest absolute Gasteiger partial charge is 0.223 e. The first kappa shape index (κ1) is 15.1. The fourth-order valence-electron chi connectivity index (χ4n) is 2.60. The molecule has 0 spiro atoms. The second kappa shape index (κ2) is 6.24. The number of halogens is 2. The van der Waals surface area contributed by atoms with E-state index in [1.54, 1.807) is 35.3 Å². The number of hydrogen-bond acceptors (Lipinski definition) is 3. The van der Waals surface area contributed by atoms with Crippen molar-refractivity contribution >= 4 is 0 Å². The summed E-state index contributed by atoms with van der Waals surface area (Å²) in [6, 6.07) is 13.6. The zero-order valence-corrected chi connectivity index (χ0v) is 13.0. The van der Waals surface area contributed by atoms with E-state index in [1.165, 1.54) is 0 Å². The highest BCUT2D eigenvalue weighted by molar-refractivity contribution is 5.66. The van der Waals surface area contributed by atoms with Crippen LogP contribution in [0, 0.1) is 11.8 Å². The van der Waals surface area contributed by atoms with Gasteiger partial charge < -0.3 is 4.57 Å². The summed E-state index contributed by atoms with van der Waals surface area (Å²) in [7, 11) is 0. The van der Waals surface area contributed by atoms with Crippen molar-refractivity contribution in [3.8, 4) is 28.2 Å². The van der Waals surface area contributed by atoms with E-state index in [0.717, 1.165) is 23.6 Å². The molecule has 0 aliphatic rings. The summed E-state index contributed by atoms with van der Waals surface area (Å²) < 4.78 is 29.7. The van der Waals surface area contributed by atoms with Crippen LogP contribution in [0.2, 0.25) is 0 Å². The van der Waals surface area contributed by atoms with Crippen LogP contribution in [0.25, 0.3) is 28.2 Å². The van der Waals surface area contributed by atoms with E-state index in [1.807, 2.05) is 30.5 Å². The summed E-state index contributed by atoms with van der Waals surface area (Å²) in [5, 5.41) is 0. The molecule has 0 fully saturated rings. The molecule has 3 heterocycles. The topological polar surface area (TPSA) is 43.6 Å². The maximum Gasteiger partial charge on any atom is 0.223 e. The quantitative estimate of drug-likeness (QED) is 0.525.